The van der Waals surface area contributed by atoms with Crippen LogP contribution < -0.4 is 0 Å². The Morgan fingerprint density at radius 1 is 0.941 bits per heavy atom. The summed E-state index contributed by atoms with van der Waals surface area (Å²) >= 11 is 1.50. The molecule has 0 aliphatic rings. The lowest BCUT2D eigenvalue weighted by atomic mass is 10.2. The lowest BCUT2D eigenvalue weighted by molar-refractivity contribution is 0.475. The van der Waals surface area contributed by atoms with Crippen LogP contribution in [0.2, 0.25) is 0 Å². The Kier molecular flexibility index (Phi) is 3.64. The van der Waals surface area contributed by atoms with E-state index in [-0.39, 0.29) is 5.75 Å². The van der Waals surface area contributed by atoms with Crippen molar-refractivity contribution >= 4 is 11.8 Å². The Labute approximate surface area is 102 Å². The fraction of sp³-hybridized carbons (Fsp3) is 0.0769. The first-order chi connectivity index (χ1) is 8.15. The number of halogens is 2. The summed E-state index contributed by atoms with van der Waals surface area (Å²) in [5.41, 5.74) is 0.724. The summed E-state index contributed by atoms with van der Waals surface area (Å²) in [6.07, 6.45) is 0. The molecule has 2 rings (SSSR count). The van der Waals surface area contributed by atoms with Crippen molar-refractivity contribution in [1.29, 1.82) is 0 Å². The normalized spacial score (nSPS) is 10.5. The molecule has 0 fully saturated rings. The largest absolute Gasteiger partial charge is 0.508 e. The predicted octanol–water partition coefficient (Wildman–Crippen LogP) is 3.96. The molecule has 88 valence electrons. The van der Waals surface area contributed by atoms with Crippen molar-refractivity contribution in [2.75, 3.05) is 0 Å². The molecule has 0 amide bonds. The fourth-order valence-electron chi connectivity index (χ4n) is 1.34. The van der Waals surface area contributed by atoms with Gasteiger partial charge in [-0.3, -0.25) is 0 Å². The Morgan fingerprint density at radius 2 is 1.65 bits per heavy atom. The van der Waals surface area contributed by atoms with Gasteiger partial charge in [0.15, 0.2) is 11.6 Å². The van der Waals surface area contributed by atoms with E-state index in [1.54, 1.807) is 30.3 Å². The second-order valence-electron chi connectivity index (χ2n) is 3.53. The standard InChI is InChI=1S/C13H10F2OS/c14-12-6-1-9(7-13(12)15)8-17-11-4-2-10(16)3-5-11/h1-7,16H,8H2. The second kappa shape index (κ2) is 5.19. The second-order valence-corrected chi connectivity index (χ2v) is 4.58. The molecule has 1 nitrogen and oxygen atoms in total. The summed E-state index contributed by atoms with van der Waals surface area (Å²) in [4.78, 5) is 0.965. The van der Waals surface area contributed by atoms with E-state index in [1.807, 2.05) is 0 Å². The highest BCUT2D eigenvalue weighted by Crippen LogP contribution is 2.25. The highest BCUT2D eigenvalue weighted by Gasteiger charge is 2.03. The number of hydrogen-bond donors (Lipinski definition) is 1. The maximum Gasteiger partial charge on any atom is 0.159 e. The minimum absolute atomic E-state index is 0.210. The number of aromatic hydroxyl groups is 1. The van der Waals surface area contributed by atoms with Gasteiger partial charge in [-0.1, -0.05) is 6.07 Å². The van der Waals surface area contributed by atoms with Crippen molar-refractivity contribution in [3.05, 3.63) is 59.7 Å². The van der Waals surface area contributed by atoms with Gasteiger partial charge < -0.3 is 5.11 Å². The van der Waals surface area contributed by atoms with Crippen LogP contribution in [-0.4, -0.2) is 5.11 Å². The summed E-state index contributed by atoms with van der Waals surface area (Å²) in [7, 11) is 0. The van der Waals surface area contributed by atoms with E-state index >= 15 is 0 Å². The molecule has 2 aromatic carbocycles. The molecule has 0 saturated carbocycles. The molecule has 0 saturated heterocycles. The van der Waals surface area contributed by atoms with Gasteiger partial charge in [-0.25, -0.2) is 8.78 Å². The zero-order valence-corrected chi connectivity index (χ0v) is 9.68. The van der Waals surface area contributed by atoms with Crippen molar-refractivity contribution < 1.29 is 13.9 Å². The third-order valence-corrected chi connectivity index (χ3v) is 3.31. The number of benzene rings is 2. The molecule has 0 bridgehead atoms. The smallest absolute Gasteiger partial charge is 0.159 e. The van der Waals surface area contributed by atoms with Gasteiger partial charge in [0.05, 0.1) is 0 Å². The maximum absolute atomic E-state index is 12.9. The molecule has 4 heteroatoms. The van der Waals surface area contributed by atoms with Crippen LogP contribution in [0, 0.1) is 11.6 Å². The maximum atomic E-state index is 12.9. The summed E-state index contributed by atoms with van der Waals surface area (Å²) in [6, 6.07) is 10.6. The van der Waals surface area contributed by atoms with Crippen LogP contribution in [0.5, 0.6) is 5.75 Å². The van der Waals surface area contributed by atoms with Crippen LogP contribution in [0.4, 0.5) is 8.78 Å². The molecule has 0 aromatic heterocycles. The van der Waals surface area contributed by atoms with Crippen molar-refractivity contribution in [3.63, 3.8) is 0 Å². The topological polar surface area (TPSA) is 20.2 Å². The highest BCUT2D eigenvalue weighted by atomic mass is 32.2. The quantitative estimate of drug-likeness (QED) is 0.834. The summed E-state index contributed by atoms with van der Waals surface area (Å²) in [6.45, 7) is 0. The summed E-state index contributed by atoms with van der Waals surface area (Å²) < 4.78 is 25.6. The number of thioether (sulfide) groups is 1. The van der Waals surface area contributed by atoms with Crippen molar-refractivity contribution in [2.45, 2.75) is 10.6 Å². The van der Waals surface area contributed by atoms with Crippen LogP contribution in [0.15, 0.2) is 47.4 Å². The van der Waals surface area contributed by atoms with E-state index < -0.39 is 11.6 Å². The Hall–Kier alpha value is -1.55. The molecule has 0 unspecified atom stereocenters. The lowest BCUT2D eigenvalue weighted by Crippen LogP contribution is -1.87. The van der Waals surface area contributed by atoms with Gasteiger partial charge in [0.25, 0.3) is 0 Å². The number of phenols is 1. The first kappa shape index (κ1) is 11.9. The van der Waals surface area contributed by atoms with Crippen LogP contribution in [0.1, 0.15) is 5.56 Å². The molecule has 0 radical (unpaired) electrons. The van der Waals surface area contributed by atoms with E-state index in [2.05, 4.69) is 0 Å². The van der Waals surface area contributed by atoms with Crippen LogP contribution in [0.25, 0.3) is 0 Å². The number of phenolic OH excluding ortho intramolecular Hbond substituents is 1. The Balaban J connectivity index is 2.02. The van der Waals surface area contributed by atoms with E-state index in [1.165, 1.54) is 17.8 Å². The average Bonchev–Trinajstić information content (AvgIpc) is 2.33. The van der Waals surface area contributed by atoms with Gasteiger partial charge >= 0.3 is 0 Å². The molecule has 0 spiro atoms. The van der Waals surface area contributed by atoms with Crippen LogP contribution >= 0.6 is 11.8 Å². The molecular weight excluding hydrogens is 242 g/mol. The first-order valence-electron chi connectivity index (χ1n) is 5.01. The summed E-state index contributed by atoms with van der Waals surface area (Å²) in [5.74, 6) is -0.888. The summed E-state index contributed by atoms with van der Waals surface area (Å²) in [5, 5.41) is 9.11. The van der Waals surface area contributed by atoms with Gasteiger partial charge in [-0.15, -0.1) is 11.8 Å². The molecule has 0 aliphatic carbocycles. The minimum Gasteiger partial charge on any atom is -0.508 e. The molecule has 0 heterocycles. The number of rotatable bonds is 3. The Morgan fingerprint density at radius 3 is 2.29 bits per heavy atom. The predicted molar refractivity (Wildman–Crippen MR) is 64.0 cm³/mol. The average molecular weight is 252 g/mol. The van der Waals surface area contributed by atoms with E-state index in [4.69, 9.17) is 5.11 Å². The van der Waals surface area contributed by atoms with E-state index in [0.717, 1.165) is 16.5 Å². The van der Waals surface area contributed by atoms with Gasteiger partial charge in [0.2, 0.25) is 0 Å². The van der Waals surface area contributed by atoms with E-state index in [0.29, 0.717) is 5.75 Å². The lowest BCUT2D eigenvalue weighted by Gasteiger charge is -2.03. The monoisotopic (exact) mass is 252 g/mol. The molecular formula is C13H10F2OS. The fourth-order valence-corrected chi connectivity index (χ4v) is 2.18. The van der Waals surface area contributed by atoms with Crippen LogP contribution in [0.3, 0.4) is 0 Å². The van der Waals surface area contributed by atoms with Gasteiger partial charge in [-0.2, -0.15) is 0 Å². The van der Waals surface area contributed by atoms with Crippen molar-refractivity contribution in [2.24, 2.45) is 0 Å². The SMILES string of the molecule is Oc1ccc(SCc2ccc(F)c(F)c2)cc1. The van der Waals surface area contributed by atoms with Crippen molar-refractivity contribution in [3.8, 4) is 5.75 Å². The first-order valence-corrected chi connectivity index (χ1v) is 5.99. The molecule has 2 aromatic rings. The Bertz CT molecular complexity index is 511. The third kappa shape index (κ3) is 3.20. The van der Waals surface area contributed by atoms with E-state index in [9.17, 15) is 8.78 Å². The third-order valence-electron chi connectivity index (χ3n) is 2.23. The molecule has 0 aliphatic heterocycles. The zero-order chi connectivity index (χ0) is 12.3. The van der Waals surface area contributed by atoms with Crippen molar-refractivity contribution in [1.82, 2.24) is 0 Å². The highest BCUT2D eigenvalue weighted by molar-refractivity contribution is 7.98. The van der Waals surface area contributed by atoms with Gasteiger partial charge in [0.1, 0.15) is 5.75 Å². The molecule has 0 atom stereocenters. The van der Waals surface area contributed by atoms with Crippen LogP contribution in [-0.2, 0) is 5.75 Å². The zero-order valence-electron chi connectivity index (χ0n) is 8.86. The molecule has 17 heavy (non-hydrogen) atoms. The van der Waals surface area contributed by atoms with Gasteiger partial charge in [-0.05, 0) is 42.0 Å². The van der Waals surface area contributed by atoms with Gasteiger partial charge in [0, 0.05) is 10.6 Å². The molecule has 1 N–H and O–H groups in total. The number of hydrogen-bond acceptors (Lipinski definition) is 2. The minimum atomic E-state index is -0.830.